The number of pyridine rings is 1. The summed E-state index contributed by atoms with van der Waals surface area (Å²) in [5.74, 6) is 5.02. The van der Waals surface area contributed by atoms with Gasteiger partial charge >= 0.3 is 0 Å². The van der Waals surface area contributed by atoms with Crippen molar-refractivity contribution in [1.82, 2.24) is 4.98 Å². The number of hydrazine groups is 1. The van der Waals surface area contributed by atoms with Gasteiger partial charge in [0.1, 0.15) is 5.69 Å². The van der Waals surface area contributed by atoms with Crippen molar-refractivity contribution in [3.8, 4) is 0 Å². The topological polar surface area (TPSA) is 80.0 Å². The van der Waals surface area contributed by atoms with E-state index < -0.39 is 0 Å². The highest BCUT2D eigenvalue weighted by atomic mass is 32.2. The van der Waals surface area contributed by atoms with Gasteiger partial charge in [0, 0.05) is 16.8 Å². The SMILES string of the molecule is CSc1ccc(NC(=O)c2cc(NN)ccn2)cc1. The number of nitrogens with one attached hydrogen (secondary N) is 2. The lowest BCUT2D eigenvalue weighted by atomic mass is 10.2. The Labute approximate surface area is 115 Å². The maximum atomic E-state index is 12.0. The third-order valence-corrected chi connectivity index (χ3v) is 3.25. The van der Waals surface area contributed by atoms with Crippen LogP contribution in [0.5, 0.6) is 0 Å². The molecular formula is C13H14N4OS. The molecule has 4 N–H and O–H groups in total. The van der Waals surface area contributed by atoms with Crippen LogP contribution >= 0.6 is 11.8 Å². The predicted molar refractivity (Wildman–Crippen MR) is 78.2 cm³/mol. The molecule has 0 spiro atoms. The van der Waals surface area contributed by atoms with E-state index in [-0.39, 0.29) is 5.91 Å². The molecule has 1 aromatic carbocycles. The summed E-state index contributed by atoms with van der Waals surface area (Å²) in [5, 5.41) is 2.78. The number of benzene rings is 1. The monoisotopic (exact) mass is 274 g/mol. The first-order valence-electron chi connectivity index (χ1n) is 5.61. The minimum Gasteiger partial charge on any atom is -0.324 e. The summed E-state index contributed by atoms with van der Waals surface area (Å²) in [6.07, 6.45) is 3.53. The van der Waals surface area contributed by atoms with Gasteiger partial charge in [-0.05, 0) is 42.7 Å². The van der Waals surface area contributed by atoms with Crippen molar-refractivity contribution >= 4 is 29.0 Å². The van der Waals surface area contributed by atoms with Crippen LogP contribution in [0.1, 0.15) is 10.5 Å². The molecule has 2 aromatic rings. The fraction of sp³-hybridized carbons (Fsp3) is 0.0769. The Morgan fingerprint density at radius 3 is 2.58 bits per heavy atom. The summed E-state index contributed by atoms with van der Waals surface area (Å²) in [4.78, 5) is 17.1. The lowest BCUT2D eigenvalue weighted by molar-refractivity contribution is 0.102. The van der Waals surface area contributed by atoms with E-state index in [1.54, 1.807) is 23.9 Å². The third kappa shape index (κ3) is 3.46. The van der Waals surface area contributed by atoms with Crippen LogP contribution in [0.4, 0.5) is 11.4 Å². The van der Waals surface area contributed by atoms with E-state index in [1.807, 2.05) is 30.5 Å². The number of nitrogens with zero attached hydrogens (tertiary/aromatic N) is 1. The first-order chi connectivity index (χ1) is 9.22. The molecule has 0 aliphatic heterocycles. The van der Waals surface area contributed by atoms with Crippen molar-refractivity contribution in [2.24, 2.45) is 5.84 Å². The number of carbonyl (C=O) groups is 1. The van der Waals surface area contributed by atoms with Crippen LogP contribution in [-0.4, -0.2) is 17.1 Å². The second-order valence-corrected chi connectivity index (χ2v) is 4.64. The molecule has 0 fully saturated rings. The zero-order valence-corrected chi connectivity index (χ0v) is 11.2. The average Bonchev–Trinajstić information content (AvgIpc) is 2.48. The number of thioether (sulfide) groups is 1. The number of nitrogen functional groups attached to an aromatic ring is 1. The normalized spacial score (nSPS) is 10.0. The lowest BCUT2D eigenvalue weighted by Gasteiger charge is -2.06. The van der Waals surface area contributed by atoms with Crippen LogP contribution in [0.25, 0.3) is 0 Å². The van der Waals surface area contributed by atoms with Crippen LogP contribution in [-0.2, 0) is 0 Å². The number of aromatic nitrogens is 1. The maximum absolute atomic E-state index is 12.0. The smallest absolute Gasteiger partial charge is 0.274 e. The molecule has 19 heavy (non-hydrogen) atoms. The first-order valence-corrected chi connectivity index (χ1v) is 6.83. The summed E-state index contributed by atoms with van der Waals surface area (Å²) in [6.45, 7) is 0. The van der Waals surface area contributed by atoms with Gasteiger partial charge in [-0.1, -0.05) is 0 Å². The molecule has 0 unspecified atom stereocenters. The van der Waals surface area contributed by atoms with Crippen molar-refractivity contribution < 1.29 is 4.79 Å². The quantitative estimate of drug-likeness (QED) is 0.453. The van der Waals surface area contributed by atoms with E-state index in [2.05, 4.69) is 15.7 Å². The Balaban J connectivity index is 2.11. The average molecular weight is 274 g/mol. The maximum Gasteiger partial charge on any atom is 0.274 e. The Hall–Kier alpha value is -2.05. The molecule has 2 rings (SSSR count). The lowest BCUT2D eigenvalue weighted by Crippen LogP contribution is -2.15. The summed E-state index contributed by atoms with van der Waals surface area (Å²) in [6, 6.07) is 10.9. The molecule has 0 saturated carbocycles. The van der Waals surface area contributed by atoms with Crippen LogP contribution < -0.4 is 16.6 Å². The first kappa shape index (κ1) is 13.4. The minimum absolute atomic E-state index is 0.269. The number of hydrogen-bond acceptors (Lipinski definition) is 5. The van der Waals surface area contributed by atoms with E-state index in [4.69, 9.17) is 5.84 Å². The van der Waals surface area contributed by atoms with Gasteiger partial charge in [0.05, 0.1) is 5.69 Å². The van der Waals surface area contributed by atoms with Crippen LogP contribution in [0.3, 0.4) is 0 Å². The molecule has 0 bridgehead atoms. The third-order valence-electron chi connectivity index (χ3n) is 2.51. The van der Waals surface area contributed by atoms with Gasteiger partial charge in [-0.2, -0.15) is 0 Å². The number of carbonyl (C=O) groups excluding carboxylic acids is 1. The summed E-state index contributed by atoms with van der Waals surface area (Å²) < 4.78 is 0. The molecule has 0 aliphatic carbocycles. The van der Waals surface area contributed by atoms with Gasteiger partial charge in [0.2, 0.25) is 0 Å². The second kappa shape index (κ2) is 6.21. The molecule has 6 heteroatoms. The number of amides is 1. The Kier molecular flexibility index (Phi) is 4.38. The van der Waals surface area contributed by atoms with E-state index in [9.17, 15) is 4.79 Å². The van der Waals surface area contributed by atoms with Crippen LogP contribution in [0.2, 0.25) is 0 Å². The van der Waals surface area contributed by atoms with Gasteiger partial charge < -0.3 is 10.7 Å². The van der Waals surface area contributed by atoms with Gasteiger partial charge in [0.15, 0.2) is 0 Å². The fourth-order valence-corrected chi connectivity index (χ4v) is 1.92. The molecule has 0 atom stereocenters. The van der Waals surface area contributed by atoms with Gasteiger partial charge in [-0.25, -0.2) is 0 Å². The molecule has 0 saturated heterocycles. The summed E-state index contributed by atoms with van der Waals surface area (Å²) in [5.41, 5.74) is 4.16. The Bertz CT molecular complexity index is 571. The van der Waals surface area contributed by atoms with Gasteiger partial charge in [-0.3, -0.25) is 15.6 Å². The Morgan fingerprint density at radius 1 is 1.21 bits per heavy atom. The van der Waals surface area contributed by atoms with E-state index in [0.29, 0.717) is 11.4 Å². The van der Waals surface area contributed by atoms with Gasteiger partial charge in [-0.15, -0.1) is 11.8 Å². The molecule has 1 aromatic heterocycles. The molecule has 0 aliphatic rings. The van der Waals surface area contributed by atoms with Crippen molar-refractivity contribution in [3.05, 3.63) is 48.3 Å². The van der Waals surface area contributed by atoms with Crippen LogP contribution in [0.15, 0.2) is 47.5 Å². The van der Waals surface area contributed by atoms with E-state index in [0.717, 1.165) is 10.6 Å². The zero-order valence-electron chi connectivity index (χ0n) is 10.4. The molecule has 1 heterocycles. The fourth-order valence-electron chi connectivity index (χ4n) is 1.51. The zero-order chi connectivity index (χ0) is 13.7. The standard InChI is InChI=1S/C13H14N4OS/c1-19-11-4-2-9(3-5-11)16-13(18)12-8-10(17-14)6-7-15-12/h2-8H,14H2,1H3,(H,15,17)(H,16,18). The van der Waals surface area contributed by atoms with E-state index >= 15 is 0 Å². The molecule has 5 nitrogen and oxygen atoms in total. The highest BCUT2D eigenvalue weighted by molar-refractivity contribution is 7.98. The summed E-state index contributed by atoms with van der Waals surface area (Å²) >= 11 is 1.65. The number of hydrogen-bond donors (Lipinski definition) is 3. The highest BCUT2D eigenvalue weighted by Gasteiger charge is 2.08. The van der Waals surface area contributed by atoms with Crippen molar-refractivity contribution in [3.63, 3.8) is 0 Å². The predicted octanol–water partition coefficient (Wildman–Crippen LogP) is 2.34. The number of rotatable bonds is 4. The second-order valence-electron chi connectivity index (χ2n) is 3.76. The van der Waals surface area contributed by atoms with Gasteiger partial charge in [0.25, 0.3) is 5.91 Å². The molecular weight excluding hydrogens is 260 g/mol. The highest BCUT2D eigenvalue weighted by Crippen LogP contribution is 2.18. The van der Waals surface area contributed by atoms with Crippen molar-refractivity contribution in [1.29, 1.82) is 0 Å². The number of nitrogens with two attached hydrogens (primary N) is 1. The molecule has 98 valence electrons. The molecule has 1 amide bonds. The summed E-state index contributed by atoms with van der Waals surface area (Å²) in [7, 11) is 0. The molecule has 0 radical (unpaired) electrons. The van der Waals surface area contributed by atoms with Crippen molar-refractivity contribution in [2.45, 2.75) is 4.90 Å². The Morgan fingerprint density at radius 2 is 1.95 bits per heavy atom. The van der Waals surface area contributed by atoms with Crippen LogP contribution in [0, 0.1) is 0 Å². The number of anilines is 2. The largest absolute Gasteiger partial charge is 0.324 e. The minimum atomic E-state index is -0.269. The van der Waals surface area contributed by atoms with Crippen molar-refractivity contribution in [2.75, 3.05) is 17.0 Å². The van der Waals surface area contributed by atoms with E-state index in [1.165, 1.54) is 6.20 Å².